The molecule has 1 aliphatic carbocycles. The Bertz CT molecular complexity index is 371. The maximum Gasteiger partial charge on any atom is 0.213 e. The second-order valence-corrected chi connectivity index (χ2v) is 2.60. The molecule has 0 aliphatic heterocycles. The van der Waals surface area contributed by atoms with Gasteiger partial charge in [-0.3, -0.25) is 4.79 Å². The van der Waals surface area contributed by atoms with Gasteiger partial charge in [0.1, 0.15) is 0 Å². The summed E-state index contributed by atoms with van der Waals surface area (Å²) in [4.78, 5) is 14.8. The van der Waals surface area contributed by atoms with E-state index in [1.54, 1.807) is 12.2 Å². The van der Waals surface area contributed by atoms with Crippen LogP contribution in [0.4, 0.5) is 4.39 Å². The standard InChI is InChI=1S/C9H6FNO/c10-9-5-4-6-7(11-9)2-1-3-8(6)12/h1-2,4-5H,3H2. The van der Waals surface area contributed by atoms with Gasteiger partial charge in [0.25, 0.3) is 0 Å². The van der Waals surface area contributed by atoms with Crippen LogP contribution in [0.3, 0.4) is 0 Å². The lowest BCUT2D eigenvalue weighted by molar-refractivity contribution is 0.0994. The predicted octanol–water partition coefficient (Wildman–Crippen LogP) is 1.82. The number of hydrogen-bond donors (Lipinski definition) is 0. The normalized spacial score (nSPS) is 14.6. The first-order valence-electron chi connectivity index (χ1n) is 3.63. The minimum Gasteiger partial charge on any atom is -0.294 e. The summed E-state index contributed by atoms with van der Waals surface area (Å²) in [6, 6.07) is 2.68. The molecule has 2 nitrogen and oxygen atoms in total. The van der Waals surface area contributed by atoms with E-state index in [4.69, 9.17) is 0 Å². The van der Waals surface area contributed by atoms with Crippen LogP contribution < -0.4 is 0 Å². The number of nitrogens with zero attached hydrogens (tertiary/aromatic N) is 1. The molecule has 0 aromatic carbocycles. The van der Waals surface area contributed by atoms with Crippen molar-refractivity contribution in [3.63, 3.8) is 0 Å². The van der Waals surface area contributed by atoms with Crippen molar-refractivity contribution in [3.8, 4) is 0 Å². The highest BCUT2D eigenvalue weighted by Gasteiger charge is 2.13. The maximum atomic E-state index is 12.6. The van der Waals surface area contributed by atoms with Gasteiger partial charge in [0.05, 0.1) is 5.69 Å². The molecule has 0 spiro atoms. The number of ketones is 1. The summed E-state index contributed by atoms with van der Waals surface area (Å²) in [5.74, 6) is -0.548. The molecule has 0 saturated carbocycles. The number of fused-ring (bicyclic) bond motifs is 1. The molecule has 0 bridgehead atoms. The Morgan fingerprint density at radius 3 is 3.08 bits per heavy atom. The Labute approximate surface area is 68.7 Å². The average Bonchev–Trinajstić information content (AvgIpc) is 2.04. The summed E-state index contributed by atoms with van der Waals surface area (Å²) < 4.78 is 12.6. The number of rotatable bonds is 0. The number of hydrogen-bond acceptors (Lipinski definition) is 2. The van der Waals surface area contributed by atoms with Crippen molar-refractivity contribution in [2.75, 3.05) is 0 Å². The van der Waals surface area contributed by atoms with Crippen LogP contribution >= 0.6 is 0 Å². The maximum absolute atomic E-state index is 12.6. The zero-order chi connectivity index (χ0) is 8.55. The van der Waals surface area contributed by atoms with Crippen molar-refractivity contribution < 1.29 is 9.18 Å². The van der Waals surface area contributed by atoms with Crippen LogP contribution in [0, 0.1) is 5.95 Å². The predicted molar refractivity (Wildman–Crippen MR) is 42.2 cm³/mol. The highest BCUT2D eigenvalue weighted by Crippen LogP contribution is 2.16. The number of pyridine rings is 1. The number of carbonyl (C=O) groups excluding carboxylic acids is 1. The minimum absolute atomic E-state index is 0.000000000000000666. The van der Waals surface area contributed by atoms with Gasteiger partial charge in [0.15, 0.2) is 5.78 Å². The lowest BCUT2D eigenvalue weighted by atomic mass is 10.0. The van der Waals surface area contributed by atoms with Gasteiger partial charge in [0, 0.05) is 12.0 Å². The van der Waals surface area contributed by atoms with Crippen molar-refractivity contribution in [1.82, 2.24) is 4.98 Å². The fraction of sp³-hybridized carbons (Fsp3) is 0.111. The van der Waals surface area contributed by atoms with Crippen molar-refractivity contribution in [1.29, 1.82) is 0 Å². The largest absolute Gasteiger partial charge is 0.294 e. The molecule has 1 aromatic rings. The third-order valence-corrected chi connectivity index (χ3v) is 1.77. The molecule has 3 heteroatoms. The molecule has 0 fully saturated rings. The third kappa shape index (κ3) is 1.03. The molecule has 1 aromatic heterocycles. The summed E-state index contributed by atoms with van der Waals surface area (Å²) in [5, 5.41) is 0. The Hall–Kier alpha value is -1.51. The highest BCUT2D eigenvalue weighted by molar-refractivity contribution is 6.01. The lowest BCUT2D eigenvalue weighted by Gasteiger charge is -2.06. The first kappa shape index (κ1) is 7.16. The molecule has 0 saturated heterocycles. The summed E-state index contributed by atoms with van der Waals surface area (Å²) >= 11 is 0. The van der Waals surface area contributed by atoms with Gasteiger partial charge >= 0.3 is 0 Å². The van der Waals surface area contributed by atoms with Gasteiger partial charge in [-0.1, -0.05) is 6.08 Å². The Morgan fingerprint density at radius 2 is 2.25 bits per heavy atom. The van der Waals surface area contributed by atoms with E-state index in [9.17, 15) is 9.18 Å². The highest BCUT2D eigenvalue weighted by atomic mass is 19.1. The molecule has 0 atom stereocenters. The van der Waals surface area contributed by atoms with Gasteiger partial charge in [-0.2, -0.15) is 4.39 Å². The number of Topliss-reactive ketones (excluding diaryl/α,β-unsaturated/α-hetero) is 1. The molecule has 0 unspecified atom stereocenters. The second-order valence-electron chi connectivity index (χ2n) is 2.60. The summed E-state index contributed by atoms with van der Waals surface area (Å²) in [6.07, 6.45) is 3.75. The fourth-order valence-corrected chi connectivity index (χ4v) is 1.20. The molecule has 60 valence electrons. The van der Waals surface area contributed by atoms with Gasteiger partial charge in [0.2, 0.25) is 5.95 Å². The van der Waals surface area contributed by atoms with Gasteiger partial charge < -0.3 is 0 Å². The van der Waals surface area contributed by atoms with Gasteiger partial charge in [-0.15, -0.1) is 0 Å². The van der Waals surface area contributed by atoms with E-state index in [-0.39, 0.29) is 5.78 Å². The summed E-state index contributed by atoms with van der Waals surface area (Å²) in [5.41, 5.74) is 0.949. The van der Waals surface area contributed by atoms with E-state index >= 15 is 0 Å². The van der Waals surface area contributed by atoms with E-state index in [0.29, 0.717) is 17.7 Å². The zero-order valence-electron chi connectivity index (χ0n) is 6.25. The van der Waals surface area contributed by atoms with E-state index in [2.05, 4.69) is 4.98 Å². The van der Waals surface area contributed by atoms with Crippen LogP contribution in [0.15, 0.2) is 18.2 Å². The van der Waals surface area contributed by atoms with Crippen molar-refractivity contribution >= 4 is 11.9 Å². The Balaban J connectivity index is 2.62. The van der Waals surface area contributed by atoms with Crippen molar-refractivity contribution in [3.05, 3.63) is 35.4 Å². The molecular weight excluding hydrogens is 157 g/mol. The molecule has 0 amide bonds. The van der Waals surface area contributed by atoms with Crippen molar-refractivity contribution in [2.24, 2.45) is 0 Å². The van der Waals surface area contributed by atoms with E-state index in [0.717, 1.165) is 0 Å². The van der Waals surface area contributed by atoms with Crippen LogP contribution in [0.25, 0.3) is 6.08 Å². The first-order chi connectivity index (χ1) is 5.77. The molecule has 0 radical (unpaired) electrons. The quantitative estimate of drug-likeness (QED) is 0.546. The number of carbonyl (C=O) groups is 1. The number of allylic oxidation sites excluding steroid dienone is 1. The number of halogens is 1. The van der Waals surface area contributed by atoms with Crippen LogP contribution in [0.2, 0.25) is 0 Å². The van der Waals surface area contributed by atoms with Crippen LogP contribution in [-0.4, -0.2) is 10.8 Å². The molecule has 2 rings (SSSR count). The van der Waals surface area contributed by atoms with Crippen molar-refractivity contribution in [2.45, 2.75) is 6.42 Å². The van der Waals surface area contributed by atoms with Gasteiger partial charge in [-0.25, -0.2) is 4.98 Å². The third-order valence-electron chi connectivity index (χ3n) is 1.77. The van der Waals surface area contributed by atoms with E-state index in [1.165, 1.54) is 12.1 Å². The molecule has 0 N–H and O–H groups in total. The zero-order valence-corrected chi connectivity index (χ0v) is 6.25. The molecule has 12 heavy (non-hydrogen) atoms. The van der Waals surface area contributed by atoms with Crippen LogP contribution in [0.1, 0.15) is 22.5 Å². The average molecular weight is 163 g/mol. The van der Waals surface area contributed by atoms with E-state index < -0.39 is 5.95 Å². The minimum atomic E-state index is -0.548. The summed E-state index contributed by atoms with van der Waals surface area (Å²) in [7, 11) is 0. The molecular formula is C9H6FNO. The molecule has 1 aliphatic rings. The number of aromatic nitrogens is 1. The van der Waals surface area contributed by atoms with Crippen LogP contribution in [-0.2, 0) is 0 Å². The topological polar surface area (TPSA) is 30.0 Å². The summed E-state index contributed by atoms with van der Waals surface area (Å²) in [6.45, 7) is 0. The van der Waals surface area contributed by atoms with Crippen LogP contribution in [0.5, 0.6) is 0 Å². The van der Waals surface area contributed by atoms with Gasteiger partial charge in [-0.05, 0) is 18.2 Å². The monoisotopic (exact) mass is 163 g/mol. The van der Waals surface area contributed by atoms with E-state index in [1.807, 2.05) is 0 Å². The Morgan fingerprint density at radius 1 is 1.42 bits per heavy atom. The SMILES string of the molecule is O=C1CC=Cc2nc(F)ccc21. The molecule has 1 heterocycles. The first-order valence-corrected chi connectivity index (χ1v) is 3.63. The smallest absolute Gasteiger partial charge is 0.213 e. The fourth-order valence-electron chi connectivity index (χ4n) is 1.20. The Kier molecular flexibility index (Phi) is 1.50. The second kappa shape index (κ2) is 2.52. The lowest BCUT2D eigenvalue weighted by Crippen LogP contribution is -2.06.